The molecule has 0 bridgehead atoms. The van der Waals surface area contributed by atoms with Crippen molar-refractivity contribution in [1.82, 2.24) is 5.32 Å². The third kappa shape index (κ3) is 6.63. The third-order valence-corrected chi connectivity index (χ3v) is 3.62. The van der Waals surface area contributed by atoms with Gasteiger partial charge >= 0.3 is 6.18 Å². The highest BCUT2D eigenvalue weighted by Gasteiger charge is 2.37. The van der Waals surface area contributed by atoms with Crippen molar-refractivity contribution >= 4 is 11.8 Å². The summed E-state index contributed by atoms with van der Waals surface area (Å²) in [7, 11) is 0. The lowest BCUT2D eigenvalue weighted by Crippen LogP contribution is -2.35. The number of hydrogen-bond acceptors (Lipinski definition) is 3. The molecule has 1 unspecified atom stereocenters. The maximum absolute atomic E-state index is 12.2. The number of thioether (sulfide) groups is 1. The van der Waals surface area contributed by atoms with Crippen molar-refractivity contribution < 1.29 is 18.3 Å². The normalized spacial score (nSPS) is 14.3. The highest BCUT2D eigenvalue weighted by atomic mass is 32.2. The van der Waals surface area contributed by atoms with E-state index in [1.807, 2.05) is 12.1 Å². The molecule has 0 heterocycles. The van der Waals surface area contributed by atoms with Crippen LogP contribution in [0.25, 0.3) is 0 Å². The highest BCUT2D eigenvalue weighted by molar-refractivity contribution is 7.99. The lowest BCUT2D eigenvalue weighted by atomic mass is 10.1. The van der Waals surface area contributed by atoms with Gasteiger partial charge < -0.3 is 10.4 Å². The van der Waals surface area contributed by atoms with Crippen molar-refractivity contribution in [2.24, 2.45) is 0 Å². The Morgan fingerprint density at radius 3 is 2.15 bits per heavy atom. The minimum atomic E-state index is -4.55. The van der Waals surface area contributed by atoms with Gasteiger partial charge in [-0.3, -0.25) is 0 Å². The van der Waals surface area contributed by atoms with Gasteiger partial charge in [-0.15, -0.1) is 11.8 Å². The zero-order chi connectivity index (χ0) is 15.4. The SMILES string of the molecule is CC(C)(C)NCc1ccc(SCC(O)C(F)(F)F)cc1. The molecule has 0 spiro atoms. The number of aliphatic hydroxyl groups is 1. The second-order valence-corrected chi connectivity index (χ2v) is 6.71. The van der Waals surface area contributed by atoms with E-state index in [0.29, 0.717) is 11.4 Å². The molecule has 0 saturated carbocycles. The summed E-state index contributed by atoms with van der Waals surface area (Å²) in [6, 6.07) is 7.29. The van der Waals surface area contributed by atoms with Crippen molar-refractivity contribution in [3.63, 3.8) is 0 Å². The first-order valence-corrected chi connectivity index (χ1v) is 7.28. The molecule has 2 nitrogen and oxygen atoms in total. The zero-order valence-electron chi connectivity index (χ0n) is 11.8. The molecule has 1 rings (SSSR count). The Morgan fingerprint density at radius 2 is 1.70 bits per heavy atom. The van der Waals surface area contributed by atoms with Gasteiger partial charge in [0.05, 0.1) is 0 Å². The first-order valence-electron chi connectivity index (χ1n) is 6.29. The lowest BCUT2D eigenvalue weighted by Gasteiger charge is -2.20. The van der Waals surface area contributed by atoms with Gasteiger partial charge in [0, 0.05) is 22.7 Å². The molecule has 114 valence electrons. The van der Waals surface area contributed by atoms with E-state index in [1.165, 1.54) is 0 Å². The Morgan fingerprint density at radius 1 is 1.15 bits per heavy atom. The van der Waals surface area contributed by atoms with Gasteiger partial charge in [-0.1, -0.05) is 12.1 Å². The molecule has 20 heavy (non-hydrogen) atoms. The predicted octanol–water partition coefficient (Wildman–Crippen LogP) is 3.59. The van der Waals surface area contributed by atoms with Crippen molar-refractivity contribution in [3.05, 3.63) is 29.8 Å². The standard InChI is InChI=1S/C14H20F3NOS/c1-13(2,3)18-8-10-4-6-11(7-5-10)20-9-12(19)14(15,16)17/h4-7,12,18-19H,8-9H2,1-3H3. The van der Waals surface area contributed by atoms with Crippen LogP contribution < -0.4 is 5.32 Å². The molecule has 0 aliphatic carbocycles. The molecule has 0 aromatic heterocycles. The van der Waals surface area contributed by atoms with Crippen molar-refractivity contribution in [2.75, 3.05) is 5.75 Å². The topological polar surface area (TPSA) is 32.3 Å². The van der Waals surface area contributed by atoms with Crippen LogP contribution in [0.15, 0.2) is 29.2 Å². The predicted molar refractivity (Wildman–Crippen MR) is 75.8 cm³/mol. The van der Waals surface area contributed by atoms with E-state index in [2.05, 4.69) is 26.1 Å². The Balaban J connectivity index is 2.47. The van der Waals surface area contributed by atoms with Gasteiger partial charge in [0.15, 0.2) is 6.10 Å². The van der Waals surface area contributed by atoms with E-state index in [-0.39, 0.29) is 11.3 Å². The maximum Gasteiger partial charge on any atom is 0.415 e. The Bertz CT molecular complexity index is 412. The van der Waals surface area contributed by atoms with Crippen molar-refractivity contribution in [2.45, 2.75) is 50.0 Å². The van der Waals surface area contributed by atoms with E-state index in [0.717, 1.165) is 17.3 Å². The summed E-state index contributed by atoms with van der Waals surface area (Å²) >= 11 is 0.997. The lowest BCUT2D eigenvalue weighted by molar-refractivity contribution is -0.195. The minimum Gasteiger partial charge on any atom is -0.383 e. The van der Waals surface area contributed by atoms with Crippen LogP contribution in [-0.2, 0) is 6.54 Å². The maximum atomic E-state index is 12.2. The smallest absolute Gasteiger partial charge is 0.383 e. The van der Waals surface area contributed by atoms with Crippen LogP contribution in [0, 0.1) is 0 Å². The molecule has 0 radical (unpaired) electrons. The summed E-state index contributed by atoms with van der Waals surface area (Å²) in [6.45, 7) is 6.90. The number of rotatable bonds is 5. The first-order chi connectivity index (χ1) is 9.08. The Labute approximate surface area is 121 Å². The molecule has 1 aromatic rings. The van der Waals surface area contributed by atoms with Gasteiger partial charge in [0.2, 0.25) is 0 Å². The second-order valence-electron chi connectivity index (χ2n) is 5.62. The molecule has 0 aliphatic heterocycles. The molecule has 0 aliphatic rings. The molecule has 0 amide bonds. The van der Waals surface area contributed by atoms with Gasteiger partial charge in [-0.2, -0.15) is 13.2 Å². The molecule has 1 atom stereocenters. The highest BCUT2D eigenvalue weighted by Crippen LogP contribution is 2.26. The van der Waals surface area contributed by atoms with Crippen LogP contribution in [0.2, 0.25) is 0 Å². The average Bonchev–Trinajstić information content (AvgIpc) is 2.32. The molecule has 6 heteroatoms. The Hall–Kier alpha value is -0.720. The fourth-order valence-corrected chi connectivity index (χ4v) is 2.21. The van der Waals surface area contributed by atoms with Crippen LogP contribution in [0.4, 0.5) is 13.2 Å². The summed E-state index contributed by atoms with van der Waals surface area (Å²) < 4.78 is 36.5. The number of alkyl halides is 3. The fourth-order valence-electron chi connectivity index (χ4n) is 1.34. The number of benzene rings is 1. The van der Waals surface area contributed by atoms with Crippen LogP contribution in [0.5, 0.6) is 0 Å². The van der Waals surface area contributed by atoms with Crippen LogP contribution in [0.1, 0.15) is 26.3 Å². The monoisotopic (exact) mass is 307 g/mol. The van der Waals surface area contributed by atoms with Crippen LogP contribution in [-0.4, -0.2) is 28.7 Å². The molecule has 0 saturated heterocycles. The van der Waals surface area contributed by atoms with Crippen molar-refractivity contribution in [3.8, 4) is 0 Å². The average molecular weight is 307 g/mol. The van der Waals surface area contributed by atoms with Gasteiger partial charge in [-0.05, 0) is 38.5 Å². The number of halogens is 3. The third-order valence-electron chi connectivity index (χ3n) is 2.53. The van der Waals surface area contributed by atoms with E-state index in [4.69, 9.17) is 5.11 Å². The first kappa shape index (κ1) is 17.3. The zero-order valence-corrected chi connectivity index (χ0v) is 12.6. The minimum absolute atomic E-state index is 0.0181. The molecule has 2 N–H and O–H groups in total. The molecular formula is C14H20F3NOS. The summed E-state index contributed by atoms with van der Waals surface area (Å²) in [5.74, 6) is -0.386. The largest absolute Gasteiger partial charge is 0.415 e. The molecule has 1 aromatic carbocycles. The number of nitrogens with one attached hydrogen (secondary N) is 1. The van der Waals surface area contributed by atoms with Crippen molar-refractivity contribution in [1.29, 1.82) is 0 Å². The summed E-state index contributed by atoms with van der Waals surface area (Å²) in [5.41, 5.74) is 1.09. The molecule has 0 fully saturated rings. The van der Waals surface area contributed by atoms with Gasteiger partial charge in [0.1, 0.15) is 0 Å². The van der Waals surface area contributed by atoms with Gasteiger partial charge in [-0.25, -0.2) is 0 Å². The van der Waals surface area contributed by atoms with Crippen LogP contribution in [0.3, 0.4) is 0 Å². The summed E-state index contributed by atoms with van der Waals surface area (Å²) in [6.07, 6.45) is -6.83. The number of aliphatic hydroxyl groups excluding tert-OH is 1. The summed E-state index contributed by atoms with van der Waals surface area (Å²) in [4.78, 5) is 0.716. The number of hydrogen-bond donors (Lipinski definition) is 2. The molecular weight excluding hydrogens is 287 g/mol. The van der Waals surface area contributed by atoms with Crippen LogP contribution >= 0.6 is 11.8 Å². The van der Waals surface area contributed by atoms with Gasteiger partial charge in [0.25, 0.3) is 0 Å². The van der Waals surface area contributed by atoms with E-state index in [1.54, 1.807) is 12.1 Å². The fraction of sp³-hybridized carbons (Fsp3) is 0.571. The second kappa shape index (κ2) is 6.83. The van der Waals surface area contributed by atoms with E-state index in [9.17, 15) is 13.2 Å². The quantitative estimate of drug-likeness (QED) is 0.815. The van der Waals surface area contributed by atoms with E-state index < -0.39 is 12.3 Å². The summed E-state index contributed by atoms with van der Waals surface area (Å²) in [5, 5.41) is 12.3. The Kier molecular flexibility index (Phi) is 5.91. The van der Waals surface area contributed by atoms with E-state index >= 15 is 0 Å².